The van der Waals surface area contributed by atoms with E-state index in [1.165, 1.54) is 17.0 Å². The molecule has 5 nitrogen and oxygen atoms in total. The number of hydrogen-bond donors (Lipinski definition) is 0. The predicted octanol–water partition coefficient (Wildman–Crippen LogP) is 4.89. The Labute approximate surface area is 165 Å². The Balaban J connectivity index is 1.54. The molecule has 0 radical (unpaired) electrons. The molecule has 1 aromatic heterocycles. The Morgan fingerprint density at radius 1 is 1.10 bits per heavy atom. The van der Waals surface area contributed by atoms with Crippen LogP contribution < -0.4 is 4.90 Å². The average Bonchev–Trinajstić information content (AvgIpc) is 3.30. The van der Waals surface area contributed by atoms with Crippen LogP contribution in [0.5, 0.6) is 0 Å². The highest BCUT2D eigenvalue weighted by molar-refractivity contribution is 5.96. The minimum Gasteiger partial charge on any atom is -0.339 e. The van der Waals surface area contributed by atoms with Crippen LogP contribution in [0.2, 0.25) is 0 Å². The molecule has 4 rings (SSSR count). The molecule has 0 N–H and O–H groups in total. The SMILES string of the molecule is Cc1ccc(C)c(-c2noc(C3CC(=O)N(c4ccc(C(F)(F)F)cc4)C3)n2)c1. The number of carbonyl (C=O) groups excluding carboxylic acids is 1. The van der Waals surface area contributed by atoms with Crippen molar-refractivity contribution in [3.8, 4) is 11.4 Å². The number of anilines is 1. The van der Waals surface area contributed by atoms with Crippen molar-refractivity contribution >= 4 is 11.6 Å². The van der Waals surface area contributed by atoms with Crippen LogP contribution in [-0.4, -0.2) is 22.6 Å². The van der Waals surface area contributed by atoms with Gasteiger partial charge in [0.25, 0.3) is 0 Å². The first-order chi connectivity index (χ1) is 13.7. The fourth-order valence-electron chi connectivity index (χ4n) is 3.44. The molecule has 0 saturated carbocycles. The zero-order valence-corrected chi connectivity index (χ0v) is 15.8. The zero-order chi connectivity index (χ0) is 20.8. The van der Waals surface area contributed by atoms with Gasteiger partial charge in [0.05, 0.1) is 11.5 Å². The minimum absolute atomic E-state index is 0.162. The summed E-state index contributed by atoms with van der Waals surface area (Å²) in [5.41, 5.74) is 2.61. The van der Waals surface area contributed by atoms with Crippen molar-refractivity contribution in [1.82, 2.24) is 10.1 Å². The molecule has 2 aromatic carbocycles. The molecule has 3 aromatic rings. The second kappa shape index (κ2) is 7.02. The normalized spacial score (nSPS) is 17.2. The number of hydrogen-bond acceptors (Lipinski definition) is 4. The summed E-state index contributed by atoms with van der Waals surface area (Å²) >= 11 is 0. The molecule has 1 saturated heterocycles. The number of aromatic nitrogens is 2. The maximum atomic E-state index is 12.7. The number of aryl methyl sites for hydroxylation is 2. The third-order valence-electron chi connectivity index (χ3n) is 5.06. The number of benzene rings is 2. The van der Waals surface area contributed by atoms with Gasteiger partial charge >= 0.3 is 6.18 Å². The van der Waals surface area contributed by atoms with Gasteiger partial charge in [-0.3, -0.25) is 4.79 Å². The summed E-state index contributed by atoms with van der Waals surface area (Å²) < 4.78 is 43.6. The lowest BCUT2D eigenvalue weighted by Gasteiger charge is -2.17. The standard InChI is InChI=1S/C21H18F3N3O2/c1-12-3-4-13(2)17(9-12)19-25-20(29-26-19)14-10-18(28)27(11-14)16-7-5-15(6-8-16)21(22,23)24/h3-9,14H,10-11H2,1-2H3. The Kier molecular flexibility index (Phi) is 4.64. The van der Waals surface area contributed by atoms with Crippen LogP contribution in [0.3, 0.4) is 0 Å². The monoisotopic (exact) mass is 401 g/mol. The van der Waals surface area contributed by atoms with Crippen LogP contribution in [-0.2, 0) is 11.0 Å². The Bertz CT molecular complexity index is 1060. The first-order valence-electron chi connectivity index (χ1n) is 9.11. The second-order valence-electron chi connectivity index (χ2n) is 7.22. The smallest absolute Gasteiger partial charge is 0.339 e. The summed E-state index contributed by atoms with van der Waals surface area (Å²) in [7, 11) is 0. The molecule has 1 aliphatic rings. The third kappa shape index (κ3) is 3.74. The zero-order valence-electron chi connectivity index (χ0n) is 15.8. The number of alkyl halides is 3. The highest BCUT2D eigenvalue weighted by atomic mass is 19.4. The summed E-state index contributed by atoms with van der Waals surface area (Å²) in [6.45, 7) is 4.20. The molecule has 8 heteroatoms. The summed E-state index contributed by atoms with van der Waals surface area (Å²) in [5, 5.41) is 4.05. The van der Waals surface area contributed by atoms with E-state index < -0.39 is 11.7 Å². The molecule has 1 fully saturated rings. The van der Waals surface area contributed by atoms with Crippen molar-refractivity contribution in [2.24, 2.45) is 0 Å². The van der Waals surface area contributed by atoms with Crippen molar-refractivity contribution in [2.75, 3.05) is 11.4 Å². The lowest BCUT2D eigenvalue weighted by molar-refractivity contribution is -0.137. The number of halogens is 3. The summed E-state index contributed by atoms with van der Waals surface area (Å²) in [6, 6.07) is 10.5. The Morgan fingerprint density at radius 3 is 2.52 bits per heavy atom. The maximum Gasteiger partial charge on any atom is 0.416 e. The fourth-order valence-corrected chi connectivity index (χ4v) is 3.44. The minimum atomic E-state index is -4.41. The highest BCUT2D eigenvalue weighted by Crippen LogP contribution is 2.35. The van der Waals surface area contributed by atoms with Crippen LogP contribution in [0.4, 0.5) is 18.9 Å². The van der Waals surface area contributed by atoms with Gasteiger partial charge in [-0.1, -0.05) is 22.9 Å². The molecule has 0 aliphatic carbocycles. The van der Waals surface area contributed by atoms with Gasteiger partial charge in [-0.15, -0.1) is 0 Å². The predicted molar refractivity (Wildman–Crippen MR) is 100 cm³/mol. The van der Waals surface area contributed by atoms with Crippen LogP contribution in [0.25, 0.3) is 11.4 Å². The number of amides is 1. The fraction of sp³-hybridized carbons (Fsp3) is 0.286. The van der Waals surface area contributed by atoms with Gasteiger partial charge in [-0.25, -0.2) is 0 Å². The number of rotatable bonds is 3. The Hall–Kier alpha value is -3.16. The van der Waals surface area contributed by atoms with E-state index in [2.05, 4.69) is 10.1 Å². The van der Waals surface area contributed by atoms with Gasteiger partial charge < -0.3 is 9.42 Å². The number of carbonyl (C=O) groups is 1. The summed E-state index contributed by atoms with van der Waals surface area (Å²) in [6.07, 6.45) is -4.25. The molecular weight excluding hydrogens is 383 g/mol. The van der Waals surface area contributed by atoms with Gasteiger partial charge in [-0.2, -0.15) is 18.2 Å². The van der Waals surface area contributed by atoms with Gasteiger partial charge in [0, 0.05) is 24.2 Å². The van der Waals surface area contributed by atoms with E-state index in [-0.39, 0.29) is 24.8 Å². The molecule has 1 amide bonds. The summed E-state index contributed by atoms with van der Waals surface area (Å²) in [5.74, 6) is 0.308. The van der Waals surface area contributed by atoms with Crippen LogP contribution in [0, 0.1) is 13.8 Å². The molecule has 0 spiro atoms. The van der Waals surface area contributed by atoms with Gasteiger partial charge in [0.2, 0.25) is 17.6 Å². The summed E-state index contributed by atoms with van der Waals surface area (Å²) in [4.78, 5) is 18.3. The highest BCUT2D eigenvalue weighted by Gasteiger charge is 2.36. The van der Waals surface area contributed by atoms with Crippen molar-refractivity contribution in [1.29, 1.82) is 0 Å². The molecule has 150 valence electrons. The maximum absolute atomic E-state index is 12.7. The van der Waals surface area contributed by atoms with E-state index in [0.29, 0.717) is 17.4 Å². The van der Waals surface area contributed by atoms with Crippen molar-refractivity contribution in [3.63, 3.8) is 0 Å². The lowest BCUT2D eigenvalue weighted by Crippen LogP contribution is -2.24. The largest absolute Gasteiger partial charge is 0.416 e. The van der Waals surface area contributed by atoms with Crippen LogP contribution in [0.15, 0.2) is 47.0 Å². The first kappa shape index (κ1) is 19.2. The van der Waals surface area contributed by atoms with Gasteiger partial charge in [-0.05, 0) is 49.7 Å². The molecule has 2 heterocycles. The lowest BCUT2D eigenvalue weighted by atomic mass is 10.1. The van der Waals surface area contributed by atoms with E-state index >= 15 is 0 Å². The van der Waals surface area contributed by atoms with Crippen molar-refractivity contribution in [2.45, 2.75) is 32.4 Å². The first-order valence-corrected chi connectivity index (χ1v) is 9.11. The quantitative estimate of drug-likeness (QED) is 0.627. The van der Waals surface area contributed by atoms with Gasteiger partial charge in [0.1, 0.15) is 0 Å². The van der Waals surface area contributed by atoms with Crippen LogP contribution in [0.1, 0.15) is 34.9 Å². The molecule has 1 aliphatic heterocycles. The third-order valence-corrected chi connectivity index (χ3v) is 5.06. The average molecular weight is 401 g/mol. The van der Waals surface area contributed by atoms with E-state index in [9.17, 15) is 18.0 Å². The Morgan fingerprint density at radius 2 is 1.83 bits per heavy atom. The van der Waals surface area contributed by atoms with E-state index in [1.807, 2.05) is 32.0 Å². The molecule has 1 unspecified atom stereocenters. The second-order valence-corrected chi connectivity index (χ2v) is 7.22. The topological polar surface area (TPSA) is 59.2 Å². The molecule has 0 bridgehead atoms. The van der Waals surface area contributed by atoms with Gasteiger partial charge in [0.15, 0.2) is 0 Å². The molecule has 1 atom stereocenters. The molecular formula is C21H18F3N3O2. The van der Waals surface area contributed by atoms with E-state index in [1.54, 1.807) is 0 Å². The van der Waals surface area contributed by atoms with Crippen molar-refractivity contribution in [3.05, 3.63) is 65.0 Å². The van der Waals surface area contributed by atoms with Crippen LogP contribution >= 0.6 is 0 Å². The van der Waals surface area contributed by atoms with Crippen molar-refractivity contribution < 1.29 is 22.5 Å². The molecule has 29 heavy (non-hydrogen) atoms. The van der Waals surface area contributed by atoms with E-state index in [0.717, 1.165) is 28.8 Å². The number of nitrogens with zero attached hydrogens (tertiary/aromatic N) is 3. The van der Waals surface area contributed by atoms with E-state index in [4.69, 9.17) is 4.52 Å².